The van der Waals surface area contributed by atoms with Crippen LogP contribution in [0.1, 0.15) is 11.1 Å². The molecule has 0 aliphatic carbocycles. The Balaban J connectivity index is 2.17. The van der Waals surface area contributed by atoms with Gasteiger partial charge in [-0.1, -0.05) is 12.1 Å². The van der Waals surface area contributed by atoms with E-state index in [4.69, 9.17) is 14.6 Å². The molecule has 0 radical (unpaired) electrons. The average molecular weight is 284 g/mol. The van der Waals surface area contributed by atoms with Crippen molar-refractivity contribution in [3.63, 3.8) is 0 Å². The summed E-state index contributed by atoms with van der Waals surface area (Å²) in [6.07, 6.45) is -6.33. The molecule has 0 aromatic heterocycles. The predicted octanol–water partition coefficient (Wildman–Crippen LogP) is -0.518. The summed E-state index contributed by atoms with van der Waals surface area (Å²) in [6.45, 7) is 3.32. The van der Waals surface area contributed by atoms with Crippen LogP contribution in [-0.2, 0) is 4.74 Å². The van der Waals surface area contributed by atoms with Crippen LogP contribution in [0.2, 0.25) is 0 Å². The zero-order chi connectivity index (χ0) is 14.9. The maximum absolute atomic E-state index is 9.90. The second kappa shape index (κ2) is 6.07. The molecule has 1 aromatic carbocycles. The molecule has 0 bridgehead atoms. The van der Waals surface area contributed by atoms with Gasteiger partial charge in [0.1, 0.15) is 30.2 Å². The molecule has 0 amide bonds. The van der Waals surface area contributed by atoms with Crippen molar-refractivity contribution in [3.05, 3.63) is 29.3 Å². The van der Waals surface area contributed by atoms with Crippen LogP contribution >= 0.6 is 0 Å². The topological polar surface area (TPSA) is 99.4 Å². The van der Waals surface area contributed by atoms with Crippen molar-refractivity contribution in [2.75, 3.05) is 6.61 Å². The van der Waals surface area contributed by atoms with Crippen molar-refractivity contribution in [1.82, 2.24) is 0 Å². The SMILES string of the molecule is Cc1cccc(O[C@@H]2OC(CO)[C@@H](O)[C@H](O)C2O)c1C. The molecule has 1 heterocycles. The summed E-state index contributed by atoms with van der Waals surface area (Å²) < 4.78 is 10.9. The van der Waals surface area contributed by atoms with Gasteiger partial charge in [-0.15, -0.1) is 0 Å². The third-order valence-electron chi connectivity index (χ3n) is 3.65. The number of benzene rings is 1. The van der Waals surface area contributed by atoms with Crippen LogP contribution in [-0.4, -0.2) is 57.7 Å². The Morgan fingerprint density at radius 2 is 1.80 bits per heavy atom. The highest BCUT2D eigenvalue weighted by molar-refractivity contribution is 5.38. The summed E-state index contributed by atoms with van der Waals surface area (Å²) in [6, 6.07) is 5.46. The Morgan fingerprint density at radius 1 is 1.10 bits per heavy atom. The maximum Gasteiger partial charge on any atom is 0.229 e. The lowest BCUT2D eigenvalue weighted by Gasteiger charge is -2.39. The lowest BCUT2D eigenvalue weighted by atomic mass is 9.99. The van der Waals surface area contributed by atoms with Crippen LogP contribution in [0, 0.1) is 13.8 Å². The minimum absolute atomic E-state index is 0.475. The predicted molar refractivity (Wildman–Crippen MR) is 70.3 cm³/mol. The third kappa shape index (κ3) is 2.79. The molecule has 2 rings (SSSR count). The number of ether oxygens (including phenoxy) is 2. The molecule has 1 aliphatic rings. The van der Waals surface area contributed by atoms with Gasteiger partial charge in [0, 0.05) is 0 Å². The molecule has 0 spiro atoms. The maximum atomic E-state index is 9.90. The quantitative estimate of drug-likeness (QED) is 0.596. The molecule has 1 fully saturated rings. The fourth-order valence-electron chi connectivity index (χ4n) is 2.14. The Morgan fingerprint density at radius 3 is 2.45 bits per heavy atom. The fraction of sp³-hybridized carbons (Fsp3) is 0.571. The van der Waals surface area contributed by atoms with Crippen LogP contribution in [0.25, 0.3) is 0 Å². The van der Waals surface area contributed by atoms with Crippen LogP contribution in [0.15, 0.2) is 18.2 Å². The number of aryl methyl sites for hydroxylation is 1. The molecule has 1 aliphatic heterocycles. The summed E-state index contributed by atoms with van der Waals surface area (Å²) in [5.41, 5.74) is 1.91. The smallest absolute Gasteiger partial charge is 0.229 e. The van der Waals surface area contributed by atoms with Crippen LogP contribution in [0.3, 0.4) is 0 Å². The van der Waals surface area contributed by atoms with Gasteiger partial charge in [0.2, 0.25) is 6.29 Å². The van der Waals surface area contributed by atoms with Crippen LogP contribution < -0.4 is 4.74 Å². The molecule has 6 heteroatoms. The second-order valence-corrected chi connectivity index (χ2v) is 5.01. The lowest BCUT2D eigenvalue weighted by molar-refractivity contribution is -0.277. The standard InChI is InChI=1S/C14H20O6/c1-7-4-3-5-9(8(7)2)19-14-13(18)12(17)11(16)10(6-15)20-14/h3-5,10-18H,6H2,1-2H3/t10?,11-,12+,13?,14-/m1/s1. The first-order chi connectivity index (χ1) is 9.45. The van der Waals surface area contributed by atoms with Gasteiger partial charge < -0.3 is 29.9 Å². The van der Waals surface area contributed by atoms with Gasteiger partial charge in [-0.2, -0.15) is 0 Å². The van der Waals surface area contributed by atoms with Crippen molar-refractivity contribution >= 4 is 0 Å². The van der Waals surface area contributed by atoms with Crippen molar-refractivity contribution in [2.45, 2.75) is 44.6 Å². The van der Waals surface area contributed by atoms with E-state index in [0.29, 0.717) is 5.75 Å². The van der Waals surface area contributed by atoms with E-state index in [0.717, 1.165) is 11.1 Å². The largest absolute Gasteiger partial charge is 0.462 e. The molecule has 2 unspecified atom stereocenters. The third-order valence-corrected chi connectivity index (χ3v) is 3.65. The van der Waals surface area contributed by atoms with Gasteiger partial charge in [0.05, 0.1) is 6.61 Å². The molecule has 5 atom stereocenters. The first-order valence-corrected chi connectivity index (χ1v) is 6.49. The van der Waals surface area contributed by atoms with Crippen molar-refractivity contribution in [2.24, 2.45) is 0 Å². The number of aliphatic hydroxyl groups is 4. The summed E-state index contributed by atoms with van der Waals surface area (Å²) in [4.78, 5) is 0. The average Bonchev–Trinajstić information content (AvgIpc) is 2.44. The van der Waals surface area contributed by atoms with Gasteiger partial charge in [-0.3, -0.25) is 0 Å². The molecule has 1 aromatic rings. The number of rotatable bonds is 3. The summed E-state index contributed by atoms with van der Waals surface area (Å²) in [7, 11) is 0. The van der Waals surface area contributed by atoms with E-state index in [1.165, 1.54) is 0 Å². The Bertz CT molecular complexity index is 461. The molecule has 6 nitrogen and oxygen atoms in total. The van der Waals surface area contributed by atoms with Crippen molar-refractivity contribution in [1.29, 1.82) is 0 Å². The number of hydrogen-bond donors (Lipinski definition) is 4. The first kappa shape index (κ1) is 15.2. The van der Waals surface area contributed by atoms with Gasteiger partial charge in [-0.05, 0) is 31.0 Å². The van der Waals surface area contributed by atoms with Crippen molar-refractivity contribution in [3.8, 4) is 5.75 Å². The molecular formula is C14H20O6. The first-order valence-electron chi connectivity index (χ1n) is 6.49. The van der Waals surface area contributed by atoms with Gasteiger partial charge in [0.15, 0.2) is 0 Å². The summed E-state index contributed by atoms with van der Waals surface area (Å²) >= 11 is 0. The van der Waals surface area contributed by atoms with Gasteiger partial charge >= 0.3 is 0 Å². The van der Waals surface area contributed by atoms with E-state index >= 15 is 0 Å². The lowest BCUT2D eigenvalue weighted by Crippen LogP contribution is -2.60. The van der Waals surface area contributed by atoms with E-state index < -0.39 is 37.3 Å². The van der Waals surface area contributed by atoms with E-state index in [2.05, 4.69) is 0 Å². The Hall–Kier alpha value is -1.18. The zero-order valence-electron chi connectivity index (χ0n) is 11.4. The molecule has 0 saturated carbocycles. The number of hydrogen-bond acceptors (Lipinski definition) is 6. The summed E-state index contributed by atoms with van der Waals surface area (Å²) in [5.74, 6) is 0.523. The monoisotopic (exact) mass is 284 g/mol. The summed E-state index contributed by atoms with van der Waals surface area (Å²) in [5, 5.41) is 38.4. The van der Waals surface area contributed by atoms with E-state index in [-0.39, 0.29) is 0 Å². The zero-order valence-corrected chi connectivity index (χ0v) is 11.4. The normalized spacial score (nSPS) is 34.0. The highest BCUT2D eigenvalue weighted by Gasteiger charge is 2.44. The Kier molecular flexibility index (Phi) is 4.62. The van der Waals surface area contributed by atoms with Crippen LogP contribution in [0.5, 0.6) is 5.75 Å². The number of aliphatic hydroxyl groups excluding tert-OH is 4. The minimum Gasteiger partial charge on any atom is -0.462 e. The molecule has 1 saturated heterocycles. The molecule has 112 valence electrons. The van der Waals surface area contributed by atoms with Gasteiger partial charge in [0.25, 0.3) is 0 Å². The van der Waals surface area contributed by atoms with Crippen molar-refractivity contribution < 1.29 is 29.9 Å². The minimum atomic E-state index is -1.43. The Labute approximate surface area is 117 Å². The van der Waals surface area contributed by atoms with Gasteiger partial charge in [-0.25, -0.2) is 0 Å². The highest BCUT2D eigenvalue weighted by Crippen LogP contribution is 2.27. The van der Waals surface area contributed by atoms with E-state index in [9.17, 15) is 15.3 Å². The van der Waals surface area contributed by atoms with E-state index in [1.54, 1.807) is 6.07 Å². The highest BCUT2D eigenvalue weighted by atomic mass is 16.7. The molecule has 4 N–H and O–H groups in total. The van der Waals surface area contributed by atoms with Crippen LogP contribution in [0.4, 0.5) is 0 Å². The molecular weight excluding hydrogens is 264 g/mol. The molecule has 20 heavy (non-hydrogen) atoms. The second-order valence-electron chi connectivity index (χ2n) is 5.01. The van der Waals surface area contributed by atoms with E-state index in [1.807, 2.05) is 26.0 Å². The fourth-order valence-corrected chi connectivity index (χ4v) is 2.14.